The van der Waals surface area contributed by atoms with Crippen molar-refractivity contribution < 1.29 is 13.6 Å². The lowest BCUT2D eigenvalue weighted by molar-refractivity contribution is 0.102. The maximum Gasteiger partial charge on any atom is 0.257 e. The van der Waals surface area contributed by atoms with Crippen molar-refractivity contribution >= 4 is 34.8 Å². The fourth-order valence-corrected chi connectivity index (χ4v) is 4.10. The predicted octanol–water partition coefficient (Wildman–Crippen LogP) is 6.04. The Morgan fingerprint density at radius 3 is 2.45 bits per heavy atom. The van der Waals surface area contributed by atoms with E-state index < -0.39 is 11.7 Å². The van der Waals surface area contributed by atoms with Gasteiger partial charge < -0.3 is 5.32 Å². The van der Waals surface area contributed by atoms with Crippen LogP contribution in [0.4, 0.5) is 14.5 Å². The molecule has 6 nitrogen and oxygen atoms in total. The Balaban J connectivity index is 1.42. The number of nitrogens with zero attached hydrogens (tertiary/aromatic N) is 4. The number of anilines is 1. The Kier molecular flexibility index (Phi) is 5.55. The van der Waals surface area contributed by atoms with Gasteiger partial charge in [0.2, 0.25) is 0 Å². The van der Waals surface area contributed by atoms with E-state index in [1.54, 1.807) is 6.07 Å². The molecule has 2 aromatic carbocycles. The number of carbonyl (C=O) groups excluding carboxylic acids is 1. The van der Waals surface area contributed by atoms with E-state index in [1.165, 1.54) is 47.7 Å². The zero-order valence-corrected chi connectivity index (χ0v) is 18.4. The highest BCUT2D eigenvalue weighted by Gasteiger charge is 2.28. The molecule has 1 saturated carbocycles. The van der Waals surface area contributed by atoms with Crippen molar-refractivity contribution in [1.82, 2.24) is 20.0 Å². The minimum atomic E-state index is -0.630. The van der Waals surface area contributed by atoms with Crippen LogP contribution in [0.2, 0.25) is 10.0 Å². The second-order valence-electron chi connectivity index (χ2n) is 7.62. The van der Waals surface area contributed by atoms with Gasteiger partial charge >= 0.3 is 0 Å². The van der Waals surface area contributed by atoms with Gasteiger partial charge in [0.15, 0.2) is 5.82 Å². The van der Waals surface area contributed by atoms with Crippen LogP contribution in [0.15, 0.2) is 55.0 Å². The van der Waals surface area contributed by atoms with Crippen LogP contribution in [0.1, 0.15) is 34.7 Å². The summed E-state index contributed by atoms with van der Waals surface area (Å²) in [4.78, 5) is 18.2. The largest absolute Gasteiger partial charge is 0.320 e. The van der Waals surface area contributed by atoms with Crippen molar-refractivity contribution in [3.05, 3.63) is 87.8 Å². The number of halogens is 4. The summed E-state index contributed by atoms with van der Waals surface area (Å²) in [5, 5.41) is 10.8. The molecule has 0 aliphatic heterocycles. The van der Waals surface area contributed by atoms with Crippen LogP contribution in [-0.2, 0) is 0 Å². The molecular weight excluding hydrogens is 471 g/mol. The molecule has 0 atom stereocenters. The summed E-state index contributed by atoms with van der Waals surface area (Å²) < 4.78 is 28.8. The maximum atomic E-state index is 15.1. The standard InChI is InChI=1S/C23H15Cl2F2N5O/c24-19-9-17(15-4-3-13(26)7-16(15)12-1-2-12)21(27)10-18(19)23(33)31-14-8-20(25)22(28-11-14)32-29-5-6-30-32/h3-12H,1-2H2,(H,31,33). The van der Waals surface area contributed by atoms with E-state index in [4.69, 9.17) is 23.2 Å². The number of amides is 1. The second-order valence-corrected chi connectivity index (χ2v) is 8.43. The Morgan fingerprint density at radius 2 is 1.76 bits per heavy atom. The molecule has 0 radical (unpaired) electrons. The Hall–Kier alpha value is -3.36. The van der Waals surface area contributed by atoms with Gasteiger partial charge in [-0.2, -0.15) is 10.2 Å². The number of hydrogen-bond donors (Lipinski definition) is 1. The van der Waals surface area contributed by atoms with Crippen LogP contribution in [0.3, 0.4) is 0 Å². The van der Waals surface area contributed by atoms with Crippen molar-refractivity contribution in [2.75, 3.05) is 5.32 Å². The third-order valence-electron chi connectivity index (χ3n) is 5.31. The highest BCUT2D eigenvalue weighted by Crippen LogP contribution is 2.45. The van der Waals surface area contributed by atoms with E-state index in [2.05, 4.69) is 20.5 Å². The Labute approximate surface area is 197 Å². The van der Waals surface area contributed by atoms with Gasteiger partial charge in [0.25, 0.3) is 5.91 Å². The van der Waals surface area contributed by atoms with Crippen LogP contribution in [0.25, 0.3) is 16.9 Å². The predicted molar refractivity (Wildman–Crippen MR) is 121 cm³/mol. The molecule has 1 aliphatic rings. The average Bonchev–Trinajstić information content (AvgIpc) is 3.49. The quantitative estimate of drug-likeness (QED) is 0.373. The van der Waals surface area contributed by atoms with Crippen LogP contribution in [0, 0.1) is 11.6 Å². The Morgan fingerprint density at radius 1 is 1.00 bits per heavy atom. The smallest absolute Gasteiger partial charge is 0.257 e. The fourth-order valence-electron chi connectivity index (χ4n) is 3.61. The molecule has 5 rings (SSSR count). The molecule has 0 spiro atoms. The molecule has 166 valence electrons. The van der Waals surface area contributed by atoms with E-state index >= 15 is 4.39 Å². The first-order valence-electron chi connectivity index (χ1n) is 10.0. The monoisotopic (exact) mass is 485 g/mol. The van der Waals surface area contributed by atoms with Crippen molar-refractivity contribution in [2.45, 2.75) is 18.8 Å². The third-order valence-corrected chi connectivity index (χ3v) is 5.90. The second kappa shape index (κ2) is 8.53. The summed E-state index contributed by atoms with van der Waals surface area (Å²) >= 11 is 12.6. The van der Waals surface area contributed by atoms with Crippen molar-refractivity contribution in [2.24, 2.45) is 0 Å². The highest BCUT2D eigenvalue weighted by molar-refractivity contribution is 6.35. The minimum Gasteiger partial charge on any atom is -0.320 e. The lowest BCUT2D eigenvalue weighted by Gasteiger charge is -2.13. The van der Waals surface area contributed by atoms with E-state index in [9.17, 15) is 9.18 Å². The lowest BCUT2D eigenvalue weighted by atomic mass is 9.95. The van der Waals surface area contributed by atoms with E-state index in [-0.39, 0.29) is 38.6 Å². The molecule has 1 fully saturated rings. The molecule has 1 amide bonds. The van der Waals surface area contributed by atoms with Crippen LogP contribution in [0.5, 0.6) is 0 Å². The van der Waals surface area contributed by atoms with Crippen LogP contribution in [-0.4, -0.2) is 25.9 Å². The van der Waals surface area contributed by atoms with Gasteiger partial charge in [-0.3, -0.25) is 4.79 Å². The minimum absolute atomic E-state index is 0.0538. The van der Waals surface area contributed by atoms with E-state index in [1.807, 2.05) is 0 Å². The maximum absolute atomic E-state index is 15.1. The van der Waals surface area contributed by atoms with E-state index in [0.717, 1.165) is 24.5 Å². The zero-order chi connectivity index (χ0) is 23.1. The molecule has 1 aliphatic carbocycles. The normalized spacial score (nSPS) is 13.2. The fraction of sp³-hybridized carbons (Fsp3) is 0.130. The van der Waals surface area contributed by atoms with Crippen molar-refractivity contribution in [1.29, 1.82) is 0 Å². The topological polar surface area (TPSA) is 72.7 Å². The van der Waals surface area contributed by atoms with Crippen LogP contribution >= 0.6 is 23.2 Å². The number of pyridine rings is 1. The van der Waals surface area contributed by atoms with Gasteiger partial charge in [-0.25, -0.2) is 13.8 Å². The number of aromatic nitrogens is 4. The summed E-state index contributed by atoms with van der Waals surface area (Å²) in [5.41, 5.74) is 1.77. The summed E-state index contributed by atoms with van der Waals surface area (Å²) in [6.45, 7) is 0. The van der Waals surface area contributed by atoms with Gasteiger partial charge in [0.05, 0.1) is 39.9 Å². The lowest BCUT2D eigenvalue weighted by Crippen LogP contribution is -2.14. The summed E-state index contributed by atoms with van der Waals surface area (Å²) in [6, 6.07) is 8.20. The Bertz CT molecular complexity index is 1370. The molecule has 4 aromatic rings. The van der Waals surface area contributed by atoms with E-state index in [0.29, 0.717) is 11.4 Å². The number of carbonyl (C=O) groups is 1. The number of rotatable bonds is 5. The van der Waals surface area contributed by atoms with Crippen molar-refractivity contribution in [3.8, 4) is 16.9 Å². The first-order chi connectivity index (χ1) is 15.9. The van der Waals surface area contributed by atoms with Gasteiger partial charge in [-0.15, -0.1) is 4.80 Å². The third kappa shape index (κ3) is 4.31. The SMILES string of the molecule is O=C(Nc1cnc(-n2nccn2)c(Cl)c1)c1cc(F)c(-c2ccc(F)cc2C2CC2)cc1Cl. The first kappa shape index (κ1) is 21.5. The molecule has 0 unspecified atom stereocenters. The molecule has 10 heteroatoms. The molecular formula is C23H15Cl2F2N5O. The average molecular weight is 486 g/mol. The molecule has 2 heterocycles. The molecule has 33 heavy (non-hydrogen) atoms. The highest BCUT2D eigenvalue weighted by atomic mass is 35.5. The summed E-state index contributed by atoms with van der Waals surface area (Å²) in [5.74, 6) is -1.14. The van der Waals surface area contributed by atoms with Crippen molar-refractivity contribution in [3.63, 3.8) is 0 Å². The zero-order valence-electron chi connectivity index (χ0n) is 16.9. The first-order valence-corrected chi connectivity index (χ1v) is 10.8. The summed E-state index contributed by atoms with van der Waals surface area (Å²) in [7, 11) is 0. The molecule has 2 aromatic heterocycles. The number of benzene rings is 2. The van der Waals surface area contributed by atoms with Gasteiger partial charge in [0.1, 0.15) is 11.6 Å². The van der Waals surface area contributed by atoms with Crippen LogP contribution < -0.4 is 5.32 Å². The molecule has 0 saturated heterocycles. The molecule has 0 bridgehead atoms. The summed E-state index contributed by atoms with van der Waals surface area (Å²) in [6.07, 6.45) is 6.19. The molecule has 1 N–H and O–H groups in total. The van der Waals surface area contributed by atoms with Gasteiger partial charge in [0, 0.05) is 5.56 Å². The van der Waals surface area contributed by atoms with Gasteiger partial charge in [-0.05, 0) is 60.2 Å². The van der Waals surface area contributed by atoms with Gasteiger partial charge in [-0.1, -0.05) is 29.3 Å². The number of nitrogens with one attached hydrogen (secondary N) is 1. The number of hydrogen-bond acceptors (Lipinski definition) is 4.